The smallest absolute Gasteiger partial charge is 0.315 e. The van der Waals surface area contributed by atoms with Crippen LogP contribution < -0.4 is 10.6 Å². The molecule has 0 radical (unpaired) electrons. The molecule has 0 aromatic carbocycles. The fourth-order valence-electron chi connectivity index (χ4n) is 1.71. The van der Waals surface area contributed by atoms with Gasteiger partial charge in [0.05, 0.1) is 13.1 Å². The molecular formula is C13H18N2O3. The minimum atomic E-state index is -1.19. The summed E-state index contributed by atoms with van der Waals surface area (Å²) in [5, 5.41) is 15.3. The molecule has 18 heavy (non-hydrogen) atoms. The van der Waals surface area contributed by atoms with Gasteiger partial charge in [0.2, 0.25) is 0 Å². The second-order valence-electron chi connectivity index (χ2n) is 4.34. The Kier molecular flexibility index (Phi) is 4.40. The Morgan fingerprint density at radius 2 is 2.22 bits per heavy atom. The van der Waals surface area contributed by atoms with E-state index in [1.165, 1.54) is 0 Å². The fourth-order valence-corrected chi connectivity index (χ4v) is 1.71. The molecule has 0 spiro atoms. The first-order valence-electron chi connectivity index (χ1n) is 5.62. The number of hydrogen-bond donors (Lipinski definition) is 3. The van der Waals surface area contributed by atoms with Crippen LogP contribution in [0.25, 0.3) is 0 Å². The van der Waals surface area contributed by atoms with Gasteiger partial charge < -0.3 is 20.2 Å². The lowest BCUT2D eigenvalue weighted by molar-refractivity contribution is 0.0579. The molecule has 0 aliphatic rings. The number of aryl methyl sites for hydroxylation is 2. The third-order valence-corrected chi connectivity index (χ3v) is 2.57. The zero-order valence-electron chi connectivity index (χ0n) is 10.8. The summed E-state index contributed by atoms with van der Waals surface area (Å²) in [6.07, 6.45) is 5.02. The van der Waals surface area contributed by atoms with Crippen LogP contribution in [0, 0.1) is 26.2 Å². The number of hydrogen-bond acceptors (Lipinski definition) is 3. The van der Waals surface area contributed by atoms with Crippen molar-refractivity contribution in [1.29, 1.82) is 0 Å². The molecule has 0 saturated carbocycles. The van der Waals surface area contributed by atoms with Crippen molar-refractivity contribution in [3.8, 4) is 12.3 Å². The molecule has 1 unspecified atom stereocenters. The van der Waals surface area contributed by atoms with Crippen LogP contribution in [0.1, 0.15) is 24.0 Å². The molecule has 0 saturated heterocycles. The van der Waals surface area contributed by atoms with Gasteiger partial charge in [-0.15, -0.1) is 6.42 Å². The average Bonchev–Trinajstić information content (AvgIpc) is 2.64. The number of furan rings is 1. The van der Waals surface area contributed by atoms with Gasteiger partial charge in [-0.25, -0.2) is 4.79 Å². The molecule has 1 aromatic heterocycles. The molecule has 1 aromatic rings. The van der Waals surface area contributed by atoms with Gasteiger partial charge in [-0.05, 0) is 26.8 Å². The van der Waals surface area contributed by atoms with Crippen LogP contribution in [0.4, 0.5) is 4.79 Å². The molecule has 2 amide bonds. The van der Waals surface area contributed by atoms with Crippen molar-refractivity contribution in [3.05, 3.63) is 23.2 Å². The van der Waals surface area contributed by atoms with E-state index in [9.17, 15) is 9.90 Å². The van der Waals surface area contributed by atoms with Gasteiger partial charge in [0, 0.05) is 5.56 Å². The van der Waals surface area contributed by atoms with E-state index in [0.29, 0.717) is 11.3 Å². The number of terminal acetylenes is 1. The summed E-state index contributed by atoms with van der Waals surface area (Å²) in [6.45, 7) is 5.42. The molecule has 5 heteroatoms. The highest BCUT2D eigenvalue weighted by molar-refractivity contribution is 5.74. The fraction of sp³-hybridized carbons (Fsp3) is 0.462. The number of carbonyl (C=O) groups is 1. The minimum Gasteiger partial charge on any atom is -0.466 e. The molecule has 1 rings (SSSR count). The summed E-state index contributed by atoms with van der Waals surface area (Å²) < 4.78 is 5.36. The third-order valence-electron chi connectivity index (χ3n) is 2.57. The zero-order valence-corrected chi connectivity index (χ0v) is 10.8. The second kappa shape index (κ2) is 5.61. The maximum absolute atomic E-state index is 11.3. The molecule has 1 heterocycles. The number of urea groups is 1. The largest absolute Gasteiger partial charge is 0.466 e. The van der Waals surface area contributed by atoms with Crippen molar-refractivity contribution in [2.75, 3.05) is 13.1 Å². The average molecular weight is 250 g/mol. The minimum absolute atomic E-state index is 0.0726. The van der Waals surface area contributed by atoms with Crippen molar-refractivity contribution in [2.45, 2.75) is 26.4 Å². The summed E-state index contributed by atoms with van der Waals surface area (Å²) in [5.74, 6) is 3.65. The van der Waals surface area contributed by atoms with Crippen LogP contribution in [0.2, 0.25) is 0 Å². The Morgan fingerprint density at radius 1 is 1.56 bits per heavy atom. The Hall–Kier alpha value is -1.93. The van der Waals surface area contributed by atoms with Crippen molar-refractivity contribution in [1.82, 2.24) is 10.6 Å². The van der Waals surface area contributed by atoms with Gasteiger partial charge in [0.1, 0.15) is 17.1 Å². The highest BCUT2D eigenvalue weighted by atomic mass is 16.3. The molecule has 0 aliphatic heterocycles. The number of aliphatic hydroxyl groups is 1. The Morgan fingerprint density at radius 3 is 2.72 bits per heavy atom. The number of amides is 2. The first-order valence-corrected chi connectivity index (χ1v) is 5.62. The molecule has 1 atom stereocenters. The molecule has 0 fully saturated rings. The van der Waals surface area contributed by atoms with Gasteiger partial charge in [-0.1, -0.05) is 5.92 Å². The molecule has 0 aliphatic carbocycles. The first kappa shape index (κ1) is 14.1. The molecule has 5 nitrogen and oxygen atoms in total. The standard InChI is InChI=1S/C13H18N2O3/c1-5-6-14-12(16)15-8-13(4,17)11-7-9(2)18-10(11)3/h1,7,17H,6,8H2,2-4H3,(H2,14,15,16). The van der Waals surface area contributed by atoms with E-state index in [1.807, 2.05) is 0 Å². The lowest BCUT2D eigenvalue weighted by atomic mass is 9.96. The Labute approximate surface area is 107 Å². The molecule has 0 bridgehead atoms. The molecular weight excluding hydrogens is 232 g/mol. The van der Waals surface area contributed by atoms with Gasteiger partial charge in [0.25, 0.3) is 0 Å². The van der Waals surface area contributed by atoms with Crippen LogP contribution >= 0.6 is 0 Å². The SMILES string of the molecule is C#CCNC(=O)NCC(C)(O)c1cc(C)oc1C. The maximum Gasteiger partial charge on any atom is 0.315 e. The quantitative estimate of drug-likeness (QED) is 0.699. The van der Waals surface area contributed by atoms with Gasteiger partial charge in [-0.3, -0.25) is 0 Å². The van der Waals surface area contributed by atoms with Crippen LogP contribution in [0.5, 0.6) is 0 Å². The predicted octanol–water partition coefficient (Wildman–Crippen LogP) is 1.04. The number of carbonyl (C=O) groups excluding carboxylic acids is 1. The van der Waals surface area contributed by atoms with E-state index in [2.05, 4.69) is 16.6 Å². The normalized spacial score (nSPS) is 13.5. The number of rotatable bonds is 4. The predicted molar refractivity (Wildman–Crippen MR) is 68.0 cm³/mol. The molecule has 98 valence electrons. The highest BCUT2D eigenvalue weighted by Crippen LogP contribution is 2.26. The number of nitrogens with one attached hydrogen (secondary N) is 2. The van der Waals surface area contributed by atoms with Crippen LogP contribution in [-0.2, 0) is 5.60 Å². The van der Waals surface area contributed by atoms with Gasteiger partial charge in [-0.2, -0.15) is 0 Å². The lowest BCUT2D eigenvalue weighted by Crippen LogP contribution is -2.43. The molecule has 3 N–H and O–H groups in total. The summed E-state index contributed by atoms with van der Waals surface area (Å²) in [6, 6.07) is 1.35. The van der Waals surface area contributed by atoms with Crippen molar-refractivity contribution < 1.29 is 14.3 Å². The summed E-state index contributed by atoms with van der Waals surface area (Å²) in [5.41, 5.74) is -0.521. The van der Waals surface area contributed by atoms with Crippen LogP contribution in [0.15, 0.2) is 10.5 Å². The van der Waals surface area contributed by atoms with E-state index >= 15 is 0 Å². The zero-order chi connectivity index (χ0) is 13.8. The van der Waals surface area contributed by atoms with Crippen molar-refractivity contribution in [2.24, 2.45) is 0 Å². The van der Waals surface area contributed by atoms with Crippen LogP contribution in [0.3, 0.4) is 0 Å². The van der Waals surface area contributed by atoms with E-state index < -0.39 is 11.6 Å². The summed E-state index contributed by atoms with van der Waals surface area (Å²) in [4.78, 5) is 11.3. The maximum atomic E-state index is 11.3. The van der Waals surface area contributed by atoms with Crippen LogP contribution in [-0.4, -0.2) is 24.2 Å². The monoisotopic (exact) mass is 250 g/mol. The van der Waals surface area contributed by atoms with Gasteiger partial charge >= 0.3 is 6.03 Å². The van der Waals surface area contributed by atoms with Crippen molar-refractivity contribution in [3.63, 3.8) is 0 Å². The van der Waals surface area contributed by atoms with E-state index in [4.69, 9.17) is 10.8 Å². The first-order chi connectivity index (χ1) is 8.36. The topological polar surface area (TPSA) is 74.5 Å². The summed E-state index contributed by atoms with van der Waals surface area (Å²) >= 11 is 0. The highest BCUT2D eigenvalue weighted by Gasteiger charge is 2.28. The van der Waals surface area contributed by atoms with E-state index in [0.717, 1.165) is 5.76 Å². The van der Waals surface area contributed by atoms with Crippen molar-refractivity contribution >= 4 is 6.03 Å². The summed E-state index contributed by atoms with van der Waals surface area (Å²) in [7, 11) is 0. The van der Waals surface area contributed by atoms with Gasteiger partial charge in [0.15, 0.2) is 0 Å². The third kappa shape index (κ3) is 3.54. The Balaban J connectivity index is 2.63. The Bertz CT molecular complexity index is 469. The lowest BCUT2D eigenvalue weighted by Gasteiger charge is -2.23. The van der Waals surface area contributed by atoms with E-state index in [1.54, 1.807) is 26.8 Å². The second-order valence-corrected chi connectivity index (χ2v) is 4.34. The van der Waals surface area contributed by atoms with E-state index in [-0.39, 0.29) is 13.1 Å².